The van der Waals surface area contributed by atoms with Gasteiger partial charge in [-0.2, -0.15) is 5.26 Å². The standard InChI is InChI=1S/C19H23NO2S/c1-18-5-4-14-13(16(18)9-22-10-18)8-17(23-11-20)15-7-12(21)3-6-19(14,15)2/h3,6-7,13-14,16-17H,4-5,8-10H2,1-2H3/t13-,14+,16+,17+,18-,19-/m1/s1. The number of hydrogen-bond donors (Lipinski definition) is 0. The summed E-state index contributed by atoms with van der Waals surface area (Å²) in [6.07, 6.45) is 9.08. The Morgan fingerprint density at radius 1 is 1.39 bits per heavy atom. The van der Waals surface area contributed by atoms with Crippen molar-refractivity contribution < 1.29 is 9.53 Å². The minimum Gasteiger partial charge on any atom is -0.381 e. The molecule has 4 heteroatoms. The zero-order chi connectivity index (χ0) is 16.2. The van der Waals surface area contributed by atoms with Crippen LogP contribution in [0, 0.1) is 39.2 Å². The maximum absolute atomic E-state index is 11.9. The SMILES string of the molecule is C[C@]12CC[C@H]3[C@@H](C[C@H](SC#N)C4=CC(=O)C=C[C@@]43C)[C@@H]1COC2. The molecule has 3 aliphatic carbocycles. The number of thioether (sulfide) groups is 1. The molecule has 0 unspecified atom stereocenters. The third-order valence-electron chi connectivity index (χ3n) is 7.00. The van der Waals surface area contributed by atoms with Crippen LogP contribution in [0.2, 0.25) is 0 Å². The van der Waals surface area contributed by atoms with Crippen LogP contribution in [0.5, 0.6) is 0 Å². The van der Waals surface area contributed by atoms with Crippen LogP contribution in [0.25, 0.3) is 0 Å². The highest BCUT2D eigenvalue weighted by atomic mass is 32.2. The first kappa shape index (κ1) is 15.5. The number of nitrogens with zero attached hydrogens (tertiary/aromatic N) is 1. The normalized spacial score (nSPS) is 48.0. The number of allylic oxidation sites excluding steroid dienone is 3. The Morgan fingerprint density at radius 3 is 3.00 bits per heavy atom. The number of fused-ring (bicyclic) bond motifs is 5. The van der Waals surface area contributed by atoms with Gasteiger partial charge < -0.3 is 4.74 Å². The molecule has 0 radical (unpaired) electrons. The van der Waals surface area contributed by atoms with E-state index in [-0.39, 0.29) is 16.4 Å². The smallest absolute Gasteiger partial charge is 0.178 e. The summed E-state index contributed by atoms with van der Waals surface area (Å²) >= 11 is 1.34. The molecule has 0 aromatic carbocycles. The van der Waals surface area contributed by atoms with Crippen molar-refractivity contribution in [3.63, 3.8) is 0 Å². The van der Waals surface area contributed by atoms with Crippen LogP contribution in [0.4, 0.5) is 0 Å². The van der Waals surface area contributed by atoms with Crippen molar-refractivity contribution in [3.8, 4) is 5.40 Å². The van der Waals surface area contributed by atoms with E-state index in [0.29, 0.717) is 23.2 Å². The van der Waals surface area contributed by atoms with Crippen molar-refractivity contribution in [2.75, 3.05) is 13.2 Å². The van der Waals surface area contributed by atoms with Crippen LogP contribution >= 0.6 is 11.8 Å². The summed E-state index contributed by atoms with van der Waals surface area (Å²) < 4.78 is 5.87. The van der Waals surface area contributed by atoms with E-state index in [1.54, 1.807) is 6.08 Å². The van der Waals surface area contributed by atoms with E-state index in [9.17, 15) is 10.1 Å². The van der Waals surface area contributed by atoms with Crippen LogP contribution in [-0.2, 0) is 9.53 Å². The number of ether oxygens (including phenoxy) is 1. The van der Waals surface area contributed by atoms with Crippen LogP contribution in [0.15, 0.2) is 23.8 Å². The molecule has 4 aliphatic rings. The summed E-state index contributed by atoms with van der Waals surface area (Å²) in [7, 11) is 0. The van der Waals surface area contributed by atoms with Crippen molar-refractivity contribution in [1.82, 2.24) is 0 Å². The van der Waals surface area contributed by atoms with Crippen molar-refractivity contribution >= 4 is 17.5 Å². The van der Waals surface area contributed by atoms with Crippen molar-refractivity contribution in [3.05, 3.63) is 23.8 Å². The van der Waals surface area contributed by atoms with Gasteiger partial charge >= 0.3 is 0 Å². The van der Waals surface area contributed by atoms with E-state index in [1.807, 2.05) is 6.08 Å². The lowest BCUT2D eigenvalue weighted by molar-refractivity contribution is -0.111. The quantitative estimate of drug-likeness (QED) is 0.688. The van der Waals surface area contributed by atoms with Gasteiger partial charge in [-0.3, -0.25) is 4.79 Å². The summed E-state index contributed by atoms with van der Waals surface area (Å²) in [5.74, 6) is 1.81. The van der Waals surface area contributed by atoms with Gasteiger partial charge in [0.05, 0.1) is 13.2 Å². The second-order valence-corrected chi connectivity index (χ2v) is 9.12. The summed E-state index contributed by atoms with van der Waals surface area (Å²) in [6.45, 7) is 6.40. The first-order valence-electron chi connectivity index (χ1n) is 8.56. The lowest BCUT2D eigenvalue weighted by Gasteiger charge is -2.57. The molecule has 0 aromatic heterocycles. The molecule has 0 bridgehead atoms. The number of thiocyanates is 1. The van der Waals surface area contributed by atoms with Crippen molar-refractivity contribution in [2.24, 2.45) is 28.6 Å². The Bertz CT molecular complexity index is 648. The van der Waals surface area contributed by atoms with Crippen LogP contribution in [0.1, 0.15) is 33.1 Å². The Morgan fingerprint density at radius 2 is 2.22 bits per heavy atom. The monoisotopic (exact) mass is 329 g/mol. The van der Waals surface area contributed by atoms with E-state index in [1.165, 1.54) is 30.2 Å². The number of ketones is 1. The number of rotatable bonds is 1. The maximum atomic E-state index is 11.9. The van der Waals surface area contributed by atoms with Gasteiger partial charge in [0.2, 0.25) is 0 Å². The largest absolute Gasteiger partial charge is 0.381 e. The minimum absolute atomic E-state index is 0.0734. The van der Waals surface area contributed by atoms with E-state index in [0.717, 1.165) is 19.6 Å². The molecule has 122 valence electrons. The molecule has 0 amide bonds. The average molecular weight is 329 g/mol. The number of nitriles is 1. The Labute approximate surface area is 142 Å². The van der Waals surface area contributed by atoms with E-state index >= 15 is 0 Å². The van der Waals surface area contributed by atoms with Gasteiger partial charge in [0.15, 0.2) is 5.78 Å². The lowest BCUT2D eigenvalue weighted by Crippen LogP contribution is -2.52. The fourth-order valence-corrected chi connectivity index (χ4v) is 6.61. The van der Waals surface area contributed by atoms with Crippen molar-refractivity contribution in [2.45, 2.75) is 38.4 Å². The zero-order valence-electron chi connectivity index (χ0n) is 13.7. The molecule has 6 atom stereocenters. The van der Waals surface area contributed by atoms with Crippen LogP contribution in [0.3, 0.4) is 0 Å². The third kappa shape index (κ3) is 2.16. The zero-order valence-corrected chi connectivity index (χ0v) is 14.6. The van der Waals surface area contributed by atoms with Gasteiger partial charge in [-0.05, 0) is 71.9 Å². The molecule has 3 fully saturated rings. The van der Waals surface area contributed by atoms with Gasteiger partial charge in [0.1, 0.15) is 5.40 Å². The highest BCUT2D eigenvalue weighted by Gasteiger charge is 2.58. The summed E-state index contributed by atoms with van der Waals surface area (Å²) in [5, 5.41) is 11.7. The Balaban J connectivity index is 1.76. The minimum atomic E-state index is -0.0741. The third-order valence-corrected chi connectivity index (χ3v) is 7.83. The van der Waals surface area contributed by atoms with E-state index < -0.39 is 0 Å². The van der Waals surface area contributed by atoms with Gasteiger partial charge in [0, 0.05) is 10.7 Å². The average Bonchev–Trinajstić information content (AvgIpc) is 2.91. The molecule has 4 rings (SSSR count). The lowest BCUT2D eigenvalue weighted by atomic mass is 9.48. The molecular weight excluding hydrogens is 306 g/mol. The summed E-state index contributed by atoms with van der Waals surface area (Å²) in [4.78, 5) is 11.9. The highest BCUT2D eigenvalue weighted by Crippen LogP contribution is 2.63. The molecule has 0 spiro atoms. The molecule has 1 heterocycles. The second-order valence-electron chi connectivity index (χ2n) is 8.14. The summed E-state index contributed by atoms with van der Waals surface area (Å²) in [5.41, 5.74) is 1.41. The Hall–Kier alpha value is -1.05. The number of carbonyl (C=O) groups is 1. The fourth-order valence-electron chi connectivity index (χ4n) is 5.71. The summed E-state index contributed by atoms with van der Waals surface area (Å²) in [6, 6.07) is 0. The maximum Gasteiger partial charge on any atom is 0.178 e. The van der Waals surface area contributed by atoms with Gasteiger partial charge in [0.25, 0.3) is 0 Å². The van der Waals surface area contributed by atoms with Crippen molar-refractivity contribution in [1.29, 1.82) is 5.26 Å². The van der Waals surface area contributed by atoms with Crippen LogP contribution < -0.4 is 0 Å². The fraction of sp³-hybridized carbons (Fsp3) is 0.684. The Kier molecular flexibility index (Phi) is 3.52. The second kappa shape index (κ2) is 5.22. The van der Waals surface area contributed by atoms with Crippen LogP contribution in [-0.4, -0.2) is 24.2 Å². The first-order valence-corrected chi connectivity index (χ1v) is 9.44. The molecule has 23 heavy (non-hydrogen) atoms. The highest BCUT2D eigenvalue weighted by molar-refractivity contribution is 8.04. The molecule has 1 aliphatic heterocycles. The van der Waals surface area contributed by atoms with E-state index in [4.69, 9.17) is 4.74 Å². The van der Waals surface area contributed by atoms with Gasteiger partial charge in [-0.25, -0.2) is 0 Å². The van der Waals surface area contributed by atoms with Gasteiger partial charge in [-0.15, -0.1) is 0 Å². The predicted molar refractivity (Wildman–Crippen MR) is 90.6 cm³/mol. The first-order chi connectivity index (χ1) is 11.0. The molecule has 3 nitrogen and oxygen atoms in total. The molecule has 0 aromatic rings. The number of carbonyl (C=O) groups excluding carboxylic acids is 1. The predicted octanol–water partition coefficient (Wildman–Crippen LogP) is 3.72. The number of hydrogen-bond acceptors (Lipinski definition) is 4. The van der Waals surface area contributed by atoms with E-state index in [2.05, 4.69) is 25.3 Å². The molecule has 2 saturated carbocycles. The van der Waals surface area contributed by atoms with Gasteiger partial charge in [-0.1, -0.05) is 19.9 Å². The molecule has 0 N–H and O–H groups in total. The molecular formula is C19H23NO2S. The topological polar surface area (TPSA) is 50.1 Å². The molecule has 1 saturated heterocycles.